The number of amides is 2. The molecule has 0 radical (unpaired) electrons. The SMILES string of the molecule is CC[C@H](C)[C@H](NC(=O)c1ccccc1)C(=O)N1CCC[C@H]1C(=O)O. The maximum atomic E-state index is 12.9. The number of nitrogens with one attached hydrogen (secondary N) is 1. The molecule has 2 rings (SSSR count). The van der Waals surface area contributed by atoms with Crippen molar-refractivity contribution >= 4 is 17.8 Å². The minimum atomic E-state index is -0.988. The quantitative estimate of drug-likeness (QED) is 0.833. The first kappa shape index (κ1) is 18.0. The highest BCUT2D eigenvalue weighted by atomic mass is 16.4. The number of aliphatic carboxylic acids is 1. The van der Waals surface area contributed by atoms with Crippen LogP contribution in [0.2, 0.25) is 0 Å². The number of nitrogens with zero attached hydrogens (tertiary/aromatic N) is 1. The van der Waals surface area contributed by atoms with Crippen LogP contribution in [0, 0.1) is 5.92 Å². The van der Waals surface area contributed by atoms with Gasteiger partial charge in [0.25, 0.3) is 5.91 Å². The zero-order valence-electron chi connectivity index (χ0n) is 14.1. The van der Waals surface area contributed by atoms with E-state index in [-0.39, 0.29) is 17.7 Å². The van der Waals surface area contributed by atoms with Gasteiger partial charge >= 0.3 is 5.97 Å². The number of likely N-dealkylation sites (tertiary alicyclic amines) is 1. The summed E-state index contributed by atoms with van der Waals surface area (Å²) in [5.74, 6) is -1.70. The van der Waals surface area contributed by atoms with Gasteiger partial charge in [0.15, 0.2) is 0 Å². The van der Waals surface area contributed by atoms with E-state index in [1.165, 1.54) is 4.90 Å². The lowest BCUT2D eigenvalue weighted by atomic mass is 9.97. The molecule has 0 saturated carbocycles. The Morgan fingerprint density at radius 1 is 1.29 bits per heavy atom. The maximum Gasteiger partial charge on any atom is 0.326 e. The van der Waals surface area contributed by atoms with Gasteiger partial charge in [0.1, 0.15) is 12.1 Å². The fourth-order valence-electron chi connectivity index (χ4n) is 2.96. The summed E-state index contributed by atoms with van der Waals surface area (Å²) < 4.78 is 0. The first-order chi connectivity index (χ1) is 11.5. The molecular weight excluding hydrogens is 308 g/mol. The molecule has 1 aromatic carbocycles. The van der Waals surface area contributed by atoms with Crippen molar-refractivity contribution in [1.29, 1.82) is 0 Å². The first-order valence-electron chi connectivity index (χ1n) is 8.35. The zero-order valence-corrected chi connectivity index (χ0v) is 14.1. The lowest BCUT2D eigenvalue weighted by molar-refractivity contribution is -0.149. The molecule has 130 valence electrons. The minimum absolute atomic E-state index is 0.0831. The maximum absolute atomic E-state index is 12.9. The van der Waals surface area contributed by atoms with Crippen LogP contribution in [-0.2, 0) is 9.59 Å². The van der Waals surface area contributed by atoms with Crippen molar-refractivity contribution in [3.05, 3.63) is 35.9 Å². The smallest absolute Gasteiger partial charge is 0.326 e. The molecule has 3 atom stereocenters. The number of hydrogen-bond donors (Lipinski definition) is 2. The summed E-state index contributed by atoms with van der Waals surface area (Å²) in [5, 5.41) is 12.1. The van der Waals surface area contributed by atoms with Crippen LogP contribution in [0.25, 0.3) is 0 Å². The summed E-state index contributed by atoms with van der Waals surface area (Å²) in [6, 6.07) is 7.19. The minimum Gasteiger partial charge on any atom is -0.480 e. The van der Waals surface area contributed by atoms with E-state index >= 15 is 0 Å². The highest BCUT2D eigenvalue weighted by molar-refractivity contribution is 5.98. The molecular formula is C18H24N2O4. The lowest BCUT2D eigenvalue weighted by Crippen LogP contribution is -2.54. The summed E-state index contributed by atoms with van der Waals surface area (Å²) in [5.41, 5.74) is 0.481. The predicted molar refractivity (Wildman–Crippen MR) is 89.5 cm³/mol. The molecule has 0 bridgehead atoms. The average molecular weight is 332 g/mol. The Morgan fingerprint density at radius 2 is 1.96 bits per heavy atom. The van der Waals surface area contributed by atoms with Crippen LogP contribution < -0.4 is 5.32 Å². The molecule has 6 nitrogen and oxygen atoms in total. The second-order valence-electron chi connectivity index (χ2n) is 6.23. The van der Waals surface area contributed by atoms with E-state index in [1.54, 1.807) is 24.3 Å². The topological polar surface area (TPSA) is 86.7 Å². The standard InChI is InChI=1S/C18H24N2O4/c1-3-12(2)15(19-16(21)13-8-5-4-6-9-13)17(22)20-11-7-10-14(20)18(23)24/h4-6,8-9,12,14-15H,3,7,10-11H2,1-2H3,(H,19,21)(H,23,24)/t12-,14-,15-/m0/s1. The molecule has 0 unspecified atom stereocenters. The van der Waals surface area contributed by atoms with Gasteiger partial charge < -0.3 is 15.3 Å². The van der Waals surface area contributed by atoms with Gasteiger partial charge in [0, 0.05) is 12.1 Å². The van der Waals surface area contributed by atoms with Crippen molar-refractivity contribution in [3.63, 3.8) is 0 Å². The highest BCUT2D eigenvalue weighted by Crippen LogP contribution is 2.21. The molecule has 1 aliphatic heterocycles. The van der Waals surface area contributed by atoms with E-state index in [4.69, 9.17) is 0 Å². The number of carbonyl (C=O) groups is 3. The van der Waals surface area contributed by atoms with Gasteiger partial charge in [-0.2, -0.15) is 0 Å². The van der Waals surface area contributed by atoms with Crippen LogP contribution in [0.15, 0.2) is 30.3 Å². The van der Waals surface area contributed by atoms with E-state index in [0.29, 0.717) is 31.4 Å². The molecule has 1 saturated heterocycles. The van der Waals surface area contributed by atoms with Crippen molar-refractivity contribution in [2.45, 2.75) is 45.2 Å². The van der Waals surface area contributed by atoms with E-state index in [2.05, 4.69) is 5.32 Å². The number of rotatable bonds is 6. The average Bonchev–Trinajstić information content (AvgIpc) is 3.09. The Hall–Kier alpha value is -2.37. The number of hydrogen-bond acceptors (Lipinski definition) is 3. The van der Waals surface area contributed by atoms with E-state index in [0.717, 1.165) is 0 Å². The summed E-state index contributed by atoms with van der Waals surface area (Å²) in [6.45, 7) is 4.25. The van der Waals surface area contributed by atoms with Crippen molar-refractivity contribution in [2.24, 2.45) is 5.92 Å². The van der Waals surface area contributed by atoms with Gasteiger partial charge in [-0.3, -0.25) is 9.59 Å². The summed E-state index contributed by atoms with van der Waals surface area (Å²) in [4.78, 5) is 38.0. The van der Waals surface area contributed by atoms with Crippen molar-refractivity contribution in [1.82, 2.24) is 10.2 Å². The van der Waals surface area contributed by atoms with Crippen LogP contribution in [0.3, 0.4) is 0 Å². The van der Waals surface area contributed by atoms with Crippen LogP contribution in [0.4, 0.5) is 0 Å². The van der Waals surface area contributed by atoms with Gasteiger partial charge in [-0.25, -0.2) is 4.79 Å². The zero-order chi connectivity index (χ0) is 17.7. The van der Waals surface area contributed by atoms with Crippen LogP contribution in [0.5, 0.6) is 0 Å². The predicted octanol–water partition coefficient (Wildman–Crippen LogP) is 1.91. The summed E-state index contributed by atoms with van der Waals surface area (Å²) >= 11 is 0. The Balaban J connectivity index is 2.17. The van der Waals surface area contributed by atoms with Gasteiger partial charge in [0.05, 0.1) is 0 Å². The molecule has 0 aromatic heterocycles. The molecule has 0 aliphatic carbocycles. The second kappa shape index (κ2) is 7.95. The molecule has 0 spiro atoms. The number of carboxylic acids is 1. The van der Waals surface area contributed by atoms with Gasteiger partial charge in [-0.05, 0) is 30.9 Å². The molecule has 1 heterocycles. The first-order valence-corrected chi connectivity index (χ1v) is 8.35. The van der Waals surface area contributed by atoms with Gasteiger partial charge in [0.2, 0.25) is 5.91 Å². The van der Waals surface area contributed by atoms with E-state index in [9.17, 15) is 19.5 Å². The van der Waals surface area contributed by atoms with Crippen molar-refractivity contribution in [2.75, 3.05) is 6.54 Å². The molecule has 6 heteroatoms. The van der Waals surface area contributed by atoms with Gasteiger partial charge in [-0.1, -0.05) is 38.5 Å². The van der Waals surface area contributed by atoms with Gasteiger partial charge in [-0.15, -0.1) is 0 Å². The highest BCUT2D eigenvalue weighted by Gasteiger charge is 2.39. The summed E-state index contributed by atoms with van der Waals surface area (Å²) in [7, 11) is 0. The Morgan fingerprint density at radius 3 is 2.54 bits per heavy atom. The molecule has 24 heavy (non-hydrogen) atoms. The third kappa shape index (κ3) is 3.93. The van der Waals surface area contributed by atoms with Crippen LogP contribution >= 0.6 is 0 Å². The Kier molecular flexibility index (Phi) is 5.95. The van der Waals surface area contributed by atoms with Crippen molar-refractivity contribution in [3.8, 4) is 0 Å². The third-order valence-electron chi connectivity index (χ3n) is 4.62. The largest absolute Gasteiger partial charge is 0.480 e. The second-order valence-corrected chi connectivity index (χ2v) is 6.23. The third-order valence-corrected chi connectivity index (χ3v) is 4.62. The molecule has 2 amide bonds. The molecule has 1 aliphatic rings. The fraction of sp³-hybridized carbons (Fsp3) is 0.500. The van der Waals surface area contributed by atoms with Crippen LogP contribution in [0.1, 0.15) is 43.5 Å². The van der Waals surface area contributed by atoms with E-state index < -0.39 is 18.1 Å². The molecule has 1 fully saturated rings. The van der Waals surface area contributed by atoms with E-state index in [1.807, 2.05) is 19.9 Å². The monoisotopic (exact) mass is 332 g/mol. The number of carbonyl (C=O) groups excluding carboxylic acids is 2. The normalized spacial score (nSPS) is 19.6. The molecule has 2 N–H and O–H groups in total. The number of carboxylic acid groups (broad SMARTS) is 1. The number of benzene rings is 1. The van der Waals surface area contributed by atoms with Crippen LogP contribution in [-0.4, -0.2) is 46.4 Å². The van der Waals surface area contributed by atoms with Crippen molar-refractivity contribution < 1.29 is 19.5 Å². The lowest BCUT2D eigenvalue weighted by Gasteiger charge is -2.30. The molecule has 1 aromatic rings. The fourth-order valence-corrected chi connectivity index (χ4v) is 2.96. The Labute approximate surface area is 141 Å². The Bertz CT molecular complexity index is 602. The summed E-state index contributed by atoms with van der Waals surface area (Å²) in [6.07, 6.45) is 1.83.